The molecule has 1 spiro atoms. The molecule has 1 aliphatic carbocycles. The molecule has 72 valence electrons. The third-order valence-electron chi connectivity index (χ3n) is 3.51. The summed E-state index contributed by atoms with van der Waals surface area (Å²) in [7, 11) is 0. The van der Waals surface area contributed by atoms with Gasteiger partial charge in [-0.3, -0.25) is 0 Å². The molecule has 1 atom stereocenters. The molecule has 1 saturated carbocycles. The molecule has 3 rings (SSSR count). The summed E-state index contributed by atoms with van der Waals surface area (Å²) >= 11 is 2.15. The van der Waals surface area contributed by atoms with Crippen molar-refractivity contribution in [1.29, 1.82) is 0 Å². The van der Waals surface area contributed by atoms with E-state index in [1.165, 1.54) is 43.6 Å². The van der Waals surface area contributed by atoms with Gasteiger partial charge in [-0.15, -0.1) is 11.8 Å². The maximum Gasteiger partial charge on any atom is 0.126 e. The number of hydrogen-bond acceptors (Lipinski definition) is 3. The van der Waals surface area contributed by atoms with Crippen LogP contribution in [0.25, 0.3) is 0 Å². The van der Waals surface area contributed by atoms with Crippen molar-refractivity contribution in [3.63, 3.8) is 0 Å². The molecule has 2 heterocycles. The zero-order valence-corrected chi connectivity index (χ0v) is 8.61. The van der Waals surface area contributed by atoms with Gasteiger partial charge in [0.1, 0.15) is 6.61 Å². The number of fused-ring (bicyclic) bond motifs is 2. The van der Waals surface area contributed by atoms with Crippen molar-refractivity contribution in [2.45, 2.75) is 36.9 Å². The maximum absolute atomic E-state index is 5.21. The highest BCUT2D eigenvalue weighted by atomic mass is 32.2. The lowest BCUT2D eigenvalue weighted by molar-refractivity contribution is 0.158. The highest BCUT2D eigenvalue weighted by molar-refractivity contribution is 8.02. The van der Waals surface area contributed by atoms with E-state index in [9.17, 15) is 0 Å². The van der Waals surface area contributed by atoms with Crippen LogP contribution in [-0.4, -0.2) is 22.8 Å². The normalized spacial score (nSPS) is 35.7. The fourth-order valence-electron chi connectivity index (χ4n) is 2.79. The van der Waals surface area contributed by atoms with Crippen LogP contribution in [0.15, 0.2) is 5.16 Å². The predicted octanol–water partition coefficient (Wildman–Crippen LogP) is 2.44. The Bertz CT molecular complexity index is 240. The van der Waals surface area contributed by atoms with E-state index in [0.717, 1.165) is 6.61 Å². The second-order valence-electron chi connectivity index (χ2n) is 4.34. The molecule has 13 heavy (non-hydrogen) atoms. The first-order valence-corrected chi connectivity index (χ1v) is 6.24. The summed E-state index contributed by atoms with van der Waals surface area (Å²) in [6.45, 7) is 0.851. The van der Waals surface area contributed by atoms with Crippen LogP contribution in [0, 0.1) is 5.92 Å². The first-order valence-electron chi connectivity index (χ1n) is 5.25. The van der Waals surface area contributed by atoms with Gasteiger partial charge in [-0.05, 0) is 12.8 Å². The molecule has 2 aliphatic heterocycles. The Morgan fingerprint density at radius 2 is 2.15 bits per heavy atom. The molecule has 3 heteroatoms. The Morgan fingerprint density at radius 1 is 1.31 bits per heavy atom. The molecule has 1 unspecified atom stereocenters. The van der Waals surface area contributed by atoms with Gasteiger partial charge in [-0.25, -0.2) is 0 Å². The SMILES string of the molecule is C1CCC2(CC1)SCC1CON=C12. The molecule has 0 radical (unpaired) electrons. The summed E-state index contributed by atoms with van der Waals surface area (Å²) in [4.78, 5) is 5.21. The van der Waals surface area contributed by atoms with Crippen molar-refractivity contribution < 1.29 is 4.84 Å². The van der Waals surface area contributed by atoms with Gasteiger partial charge in [0.25, 0.3) is 0 Å². The molecule has 1 saturated heterocycles. The fourth-order valence-corrected chi connectivity index (χ4v) is 4.49. The second-order valence-corrected chi connectivity index (χ2v) is 5.74. The number of thioether (sulfide) groups is 1. The van der Waals surface area contributed by atoms with E-state index in [4.69, 9.17) is 4.84 Å². The Kier molecular flexibility index (Phi) is 1.82. The van der Waals surface area contributed by atoms with E-state index in [0.29, 0.717) is 10.7 Å². The molecule has 2 fully saturated rings. The largest absolute Gasteiger partial charge is 0.395 e. The Hall–Kier alpha value is -0.180. The summed E-state index contributed by atoms with van der Waals surface area (Å²) < 4.78 is 0.416. The molecular formula is C10H15NOS. The van der Waals surface area contributed by atoms with E-state index >= 15 is 0 Å². The minimum Gasteiger partial charge on any atom is -0.395 e. The average molecular weight is 197 g/mol. The topological polar surface area (TPSA) is 21.6 Å². The summed E-state index contributed by atoms with van der Waals surface area (Å²) in [5.74, 6) is 1.90. The highest BCUT2D eigenvalue weighted by Gasteiger charge is 2.49. The van der Waals surface area contributed by atoms with E-state index < -0.39 is 0 Å². The van der Waals surface area contributed by atoms with Gasteiger partial charge in [-0.2, -0.15) is 0 Å². The van der Waals surface area contributed by atoms with Crippen LogP contribution >= 0.6 is 11.8 Å². The van der Waals surface area contributed by atoms with Crippen molar-refractivity contribution in [1.82, 2.24) is 0 Å². The molecule has 0 amide bonds. The Labute approximate surface area is 83.1 Å². The van der Waals surface area contributed by atoms with E-state index in [1.54, 1.807) is 0 Å². The predicted molar refractivity (Wildman–Crippen MR) is 55.2 cm³/mol. The summed E-state index contributed by atoms with van der Waals surface area (Å²) in [6, 6.07) is 0. The van der Waals surface area contributed by atoms with Gasteiger partial charge < -0.3 is 4.84 Å². The van der Waals surface area contributed by atoms with Gasteiger partial charge in [-0.1, -0.05) is 24.4 Å². The first-order chi connectivity index (χ1) is 6.41. The molecule has 0 aromatic heterocycles. The van der Waals surface area contributed by atoms with Crippen molar-refractivity contribution in [2.75, 3.05) is 12.4 Å². The number of oxime groups is 1. The molecule has 0 aromatic carbocycles. The highest BCUT2D eigenvalue weighted by Crippen LogP contribution is 2.50. The average Bonchev–Trinajstić information content (AvgIpc) is 2.73. The van der Waals surface area contributed by atoms with Gasteiger partial charge >= 0.3 is 0 Å². The van der Waals surface area contributed by atoms with E-state index in [1.807, 2.05) is 0 Å². The third kappa shape index (κ3) is 1.13. The minimum absolute atomic E-state index is 0.416. The lowest BCUT2D eigenvalue weighted by Gasteiger charge is -2.31. The van der Waals surface area contributed by atoms with Crippen LogP contribution in [-0.2, 0) is 4.84 Å². The Balaban J connectivity index is 1.89. The van der Waals surface area contributed by atoms with E-state index in [2.05, 4.69) is 16.9 Å². The molecule has 0 bridgehead atoms. The lowest BCUT2D eigenvalue weighted by Crippen LogP contribution is -2.34. The van der Waals surface area contributed by atoms with Gasteiger partial charge in [0.05, 0.1) is 10.5 Å². The van der Waals surface area contributed by atoms with Crippen LogP contribution < -0.4 is 0 Å². The standard InChI is InChI=1S/C10H15NOS/c1-2-4-10(5-3-1)9-8(7-13-10)6-12-11-9/h8H,1-7H2. The lowest BCUT2D eigenvalue weighted by atomic mass is 9.81. The van der Waals surface area contributed by atoms with Crippen LogP contribution in [0.2, 0.25) is 0 Å². The summed E-state index contributed by atoms with van der Waals surface area (Å²) in [5, 5.41) is 4.27. The van der Waals surface area contributed by atoms with Crippen molar-refractivity contribution in [3.8, 4) is 0 Å². The first kappa shape index (κ1) is 8.16. The smallest absolute Gasteiger partial charge is 0.126 e. The third-order valence-corrected chi connectivity index (χ3v) is 5.25. The number of nitrogens with zero attached hydrogens (tertiary/aromatic N) is 1. The molecule has 2 nitrogen and oxygen atoms in total. The number of hydrogen-bond donors (Lipinski definition) is 0. The second kappa shape index (κ2) is 2.91. The van der Waals surface area contributed by atoms with Crippen LogP contribution in [0.5, 0.6) is 0 Å². The van der Waals surface area contributed by atoms with Gasteiger partial charge in [0.15, 0.2) is 0 Å². The molecule has 0 aromatic rings. The van der Waals surface area contributed by atoms with Crippen molar-refractivity contribution >= 4 is 17.5 Å². The zero-order chi connectivity index (χ0) is 8.73. The molecule has 3 aliphatic rings. The Morgan fingerprint density at radius 3 is 3.00 bits per heavy atom. The van der Waals surface area contributed by atoms with Crippen molar-refractivity contribution in [3.05, 3.63) is 0 Å². The monoisotopic (exact) mass is 197 g/mol. The van der Waals surface area contributed by atoms with Crippen LogP contribution in [0.3, 0.4) is 0 Å². The van der Waals surface area contributed by atoms with E-state index in [-0.39, 0.29) is 0 Å². The maximum atomic E-state index is 5.21. The van der Waals surface area contributed by atoms with Crippen molar-refractivity contribution in [2.24, 2.45) is 11.1 Å². The minimum atomic E-state index is 0.416. The molecular weight excluding hydrogens is 182 g/mol. The van der Waals surface area contributed by atoms with Crippen LogP contribution in [0.1, 0.15) is 32.1 Å². The van der Waals surface area contributed by atoms with Crippen LogP contribution in [0.4, 0.5) is 0 Å². The zero-order valence-electron chi connectivity index (χ0n) is 7.79. The molecule has 0 N–H and O–H groups in total. The van der Waals surface area contributed by atoms with Gasteiger partial charge in [0, 0.05) is 11.7 Å². The fraction of sp³-hybridized carbons (Fsp3) is 0.900. The van der Waals surface area contributed by atoms with Gasteiger partial charge in [0.2, 0.25) is 0 Å². The quantitative estimate of drug-likeness (QED) is 0.595. The number of rotatable bonds is 0. The summed E-state index contributed by atoms with van der Waals surface area (Å²) in [6.07, 6.45) is 6.88. The summed E-state index contributed by atoms with van der Waals surface area (Å²) in [5.41, 5.74) is 1.40.